The number of nitrogens with zero attached hydrogens (tertiary/aromatic N) is 1. The van der Waals surface area contributed by atoms with Gasteiger partial charge in [0.1, 0.15) is 0 Å². The molecule has 1 aromatic heterocycles. The minimum Gasteiger partial charge on any atom is -0.454 e. The minimum atomic E-state index is -0.361. The van der Waals surface area contributed by atoms with Gasteiger partial charge in [-0.1, -0.05) is 12.1 Å². The highest BCUT2D eigenvalue weighted by Crippen LogP contribution is 2.32. The van der Waals surface area contributed by atoms with Crippen molar-refractivity contribution in [3.63, 3.8) is 0 Å². The number of rotatable bonds is 5. The summed E-state index contributed by atoms with van der Waals surface area (Å²) in [5.74, 6) is 0.441. The molecule has 0 saturated carbocycles. The molecular weight excluding hydrogens is 378 g/mol. The number of anilines is 1. The van der Waals surface area contributed by atoms with Crippen LogP contribution in [0.1, 0.15) is 15.4 Å². The van der Waals surface area contributed by atoms with E-state index in [4.69, 9.17) is 9.47 Å². The van der Waals surface area contributed by atoms with Gasteiger partial charge in [-0.15, -0.1) is 11.3 Å². The third-order valence-electron chi connectivity index (χ3n) is 4.11. The molecule has 0 fully saturated rings. The van der Waals surface area contributed by atoms with Crippen molar-refractivity contribution in [2.75, 3.05) is 18.7 Å². The lowest BCUT2D eigenvalue weighted by Crippen LogP contribution is -2.32. The Labute approximate surface area is 165 Å². The average molecular weight is 395 g/mol. The molecule has 2 aromatic carbocycles. The minimum absolute atomic E-state index is 0.141. The molecule has 7 nitrogen and oxygen atoms in total. The van der Waals surface area contributed by atoms with Gasteiger partial charge < -0.3 is 20.1 Å². The van der Waals surface area contributed by atoms with Crippen molar-refractivity contribution in [3.8, 4) is 22.8 Å². The van der Waals surface area contributed by atoms with Crippen LogP contribution < -0.4 is 20.1 Å². The van der Waals surface area contributed by atoms with Gasteiger partial charge in [0.15, 0.2) is 11.5 Å². The molecule has 1 aliphatic rings. The number of thiazole rings is 1. The summed E-state index contributed by atoms with van der Waals surface area (Å²) in [6.07, 6.45) is 0. The first-order chi connectivity index (χ1) is 13.6. The van der Waals surface area contributed by atoms with E-state index in [-0.39, 0.29) is 25.2 Å². The zero-order chi connectivity index (χ0) is 19.5. The van der Waals surface area contributed by atoms with E-state index in [9.17, 15) is 9.59 Å². The van der Waals surface area contributed by atoms with Gasteiger partial charge in [0, 0.05) is 22.2 Å². The maximum atomic E-state index is 12.2. The average Bonchev–Trinajstić information content (AvgIpc) is 3.34. The number of aromatic nitrogens is 1. The molecule has 3 aromatic rings. The number of benzene rings is 2. The molecule has 0 saturated heterocycles. The zero-order valence-corrected chi connectivity index (χ0v) is 15.8. The third kappa shape index (κ3) is 3.96. The maximum absolute atomic E-state index is 12.2. The molecule has 4 rings (SSSR count). The summed E-state index contributed by atoms with van der Waals surface area (Å²) in [7, 11) is 0. The molecule has 2 heterocycles. The fraction of sp³-hybridized carbons (Fsp3) is 0.150. The van der Waals surface area contributed by atoms with Crippen molar-refractivity contribution < 1.29 is 19.1 Å². The van der Waals surface area contributed by atoms with Crippen molar-refractivity contribution in [3.05, 3.63) is 58.4 Å². The predicted octanol–water partition coefficient (Wildman–Crippen LogP) is 3.22. The summed E-state index contributed by atoms with van der Waals surface area (Å²) < 4.78 is 10.5. The quantitative estimate of drug-likeness (QED) is 0.692. The number of fused-ring (bicyclic) bond motifs is 1. The molecule has 0 aliphatic carbocycles. The van der Waals surface area contributed by atoms with Gasteiger partial charge in [-0.3, -0.25) is 9.59 Å². The summed E-state index contributed by atoms with van der Waals surface area (Å²) in [5, 5.41) is 8.34. The topological polar surface area (TPSA) is 89.6 Å². The second-order valence-electron chi connectivity index (χ2n) is 6.13. The molecule has 8 heteroatoms. The molecule has 2 N–H and O–H groups in total. The van der Waals surface area contributed by atoms with E-state index in [1.165, 1.54) is 0 Å². The second kappa shape index (κ2) is 7.69. The van der Waals surface area contributed by atoms with Gasteiger partial charge in [-0.25, -0.2) is 4.98 Å². The molecule has 2 amide bonds. The number of hydrogen-bond acceptors (Lipinski definition) is 6. The molecule has 0 unspecified atom stereocenters. The van der Waals surface area contributed by atoms with E-state index in [2.05, 4.69) is 15.6 Å². The molecule has 1 aliphatic heterocycles. The first-order valence-corrected chi connectivity index (χ1v) is 9.47. The van der Waals surface area contributed by atoms with Crippen LogP contribution in [-0.4, -0.2) is 30.1 Å². The van der Waals surface area contributed by atoms with E-state index < -0.39 is 0 Å². The van der Waals surface area contributed by atoms with Crippen LogP contribution in [0.5, 0.6) is 11.5 Å². The van der Waals surface area contributed by atoms with Crippen molar-refractivity contribution in [1.82, 2.24) is 10.3 Å². The number of carbonyl (C=O) groups excluding carboxylic acids is 2. The van der Waals surface area contributed by atoms with E-state index in [1.54, 1.807) is 35.6 Å². The Bertz CT molecular complexity index is 1050. The fourth-order valence-electron chi connectivity index (χ4n) is 2.76. The Balaban J connectivity index is 1.35. The zero-order valence-electron chi connectivity index (χ0n) is 15.0. The summed E-state index contributed by atoms with van der Waals surface area (Å²) >= 11 is 1.57. The Kier molecular flexibility index (Phi) is 4.94. The Morgan fingerprint density at radius 3 is 2.82 bits per heavy atom. The van der Waals surface area contributed by atoms with Crippen molar-refractivity contribution in [1.29, 1.82) is 0 Å². The number of carbonyl (C=O) groups is 2. The fourth-order valence-corrected chi connectivity index (χ4v) is 3.38. The van der Waals surface area contributed by atoms with Crippen molar-refractivity contribution >= 4 is 28.8 Å². The van der Waals surface area contributed by atoms with E-state index in [0.717, 1.165) is 16.3 Å². The Morgan fingerprint density at radius 1 is 1.14 bits per heavy atom. The normalized spacial score (nSPS) is 11.9. The summed E-state index contributed by atoms with van der Waals surface area (Å²) in [4.78, 5) is 28.9. The largest absolute Gasteiger partial charge is 0.454 e. The molecule has 0 bridgehead atoms. The molecule has 142 valence electrons. The first-order valence-electron chi connectivity index (χ1n) is 8.59. The Morgan fingerprint density at radius 2 is 2.00 bits per heavy atom. The summed E-state index contributed by atoms with van der Waals surface area (Å²) in [6.45, 7) is 1.94. The van der Waals surface area contributed by atoms with Gasteiger partial charge in [0.2, 0.25) is 12.7 Å². The first kappa shape index (κ1) is 18.0. The lowest BCUT2D eigenvalue weighted by Gasteiger charge is -2.08. The predicted molar refractivity (Wildman–Crippen MR) is 106 cm³/mol. The van der Waals surface area contributed by atoms with Gasteiger partial charge in [0.05, 0.1) is 17.2 Å². The number of amides is 2. The molecular formula is C20H17N3O4S. The van der Waals surface area contributed by atoms with Crippen molar-refractivity contribution in [2.24, 2.45) is 0 Å². The molecule has 0 radical (unpaired) electrons. The summed E-state index contributed by atoms with van der Waals surface area (Å²) in [6, 6.07) is 12.3. The standard InChI is InChI=1S/C20H17N3O4S/c1-12-22-16(10-28-12)13-3-2-4-15(7-13)23-19(24)9-21-20(25)14-5-6-17-18(8-14)27-11-26-17/h2-8,10H,9,11H2,1H3,(H,21,25)(H,23,24). The van der Waals surface area contributed by atoms with Crippen LogP contribution >= 0.6 is 11.3 Å². The van der Waals surface area contributed by atoms with Gasteiger partial charge in [-0.2, -0.15) is 0 Å². The van der Waals surface area contributed by atoms with Gasteiger partial charge in [-0.05, 0) is 37.3 Å². The third-order valence-corrected chi connectivity index (χ3v) is 4.88. The van der Waals surface area contributed by atoms with E-state index in [1.807, 2.05) is 30.5 Å². The van der Waals surface area contributed by atoms with Gasteiger partial charge >= 0.3 is 0 Å². The molecule has 28 heavy (non-hydrogen) atoms. The van der Waals surface area contributed by atoms with Crippen LogP contribution in [0, 0.1) is 6.92 Å². The van der Waals surface area contributed by atoms with Gasteiger partial charge in [0.25, 0.3) is 5.91 Å². The Hall–Kier alpha value is -3.39. The molecule has 0 spiro atoms. The monoisotopic (exact) mass is 395 g/mol. The SMILES string of the molecule is Cc1nc(-c2cccc(NC(=O)CNC(=O)c3ccc4c(c3)OCO4)c2)cs1. The van der Waals surface area contributed by atoms with Crippen LogP contribution in [-0.2, 0) is 4.79 Å². The van der Waals surface area contributed by atoms with Crippen LogP contribution in [0.25, 0.3) is 11.3 Å². The van der Waals surface area contributed by atoms with Crippen molar-refractivity contribution in [2.45, 2.75) is 6.92 Å². The number of hydrogen-bond donors (Lipinski definition) is 2. The van der Waals surface area contributed by atoms with E-state index in [0.29, 0.717) is 22.7 Å². The van der Waals surface area contributed by atoms with Crippen LogP contribution in [0.4, 0.5) is 5.69 Å². The highest BCUT2D eigenvalue weighted by atomic mass is 32.1. The number of nitrogens with one attached hydrogen (secondary N) is 2. The van der Waals surface area contributed by atoms with Crippen LogP contribution in [0.3, 0.4) is 0 Å². The smallest absolute Gasteiger partial charge is 0.251 e. The second-order valence-corrected chi connectivity index (χ2v) is 7.19. The maximum Gasteiger partial charge on any atom is 0.251 e. The lowest BCUT2D eigenvalue weighted by molar-refractivity contribution is -0.115. The lowest BCUT2D eigenvalue weighted by atomic mass is 10.1. The highest BCUT2D eigenvalue weighted by Gasteiger charge is 2.16. The number of ether oxygens (including phenoxy) is 2. The highest BCUT2D eigenvalue weighted by molar-refractivity contribution is 7.09. The summed E-state index contributed by atoms with van der Waals surface area (Å²) in [5.41, 5.74) is 2.84. The van der Waals surface area contributed by atoms with Crippen LogP contribution in [0.2, 0.25) is 0 Å². The van der Waals surface area contributed by atoms with E-state index >= 15 is 0 Å². The number of aryl methyl sites for hydroxylation is 1. The molecule has 0 atom stereocenters. The van der Waals surface area contributed by atoms with Crippen LogP contribution in [0.15, 0.2) is 47.8 Å².